The molecule has 1 aliphatic heterocycles. The van der Waals surface area contributed by atoms with Crippen molar-refractivity contribution in [1.29, 1.82) is 0 Å². The van der Waals surface area contributed by atoms with E-state index in [2.05, 4.69) is 20.9 Å². The quantitative estimate of drug-likeness (QED) is 0.827. The van der Waals surface area contributed by atoms with E-state index in [-0.39, 0.29) is 0 Å². The van der Waals surface area contributed by atoms with Crippen molar-refractivity contribution in [2.75, 3.05) is 39.5 Å². The number of nitrogens with zero attached hydrogens (tertiary/aromatic N) is 3. The summed E-state index contributed by atoms with van der Waals surface area (Å²) in [6.45, 7) is 5.38. The van der Waals surface area contributed by atoms with Crippen LogP contribution < -0.4 is 4.74 Å². The highest BCUT2D eigenvalue weighted by Crippen LogP contribution is 2.28. The lowest BCUT2D eigenvalue weighted by atomic mass is 9.96. The zero-order chi connectivity index (χ0) is 13.6. The van der Waals surface area contributed by atoms with E-state index >= 15 is 0 Å². The average molecular weight is 279 g/mol. The van der Waals surface area contributed by atoms with Gasteiger partial charge in [-0.25, -0.2) is 0 Å². The molecule has 1 aromatic rings. The van der Waals surface area contributed by atoms with Crippen LogP contribution in [0.25, 0.3) is 0 Å². The Morgan fingerprint density at radius 1 is 1.20 bits per heavy atom. The van der Waals surface area contributed by atoms with Crippen molar-refractivity contribution in [3.8, 4) is 5.88 Å². The molecule has 0 radical (unpaired) electrons. The van der Waals surface area contributed by atoms with Crippen molar-refractivity contribution >= 4 is 0 Å². The molecule has 0 unspecified atom stereocenters. The molecule has 0 amide bonds. The van der Waals surface area contributed by atoms with Gasteiger partial charge in [-0.3, -0.25) is 9.58 Å². The van der Waals surface area contributed by atoms with E-state index < -0.39 is 0 Å². The lowest BCUT2D eigenvalue weighted by Crippen LogP contribution is -2.38. The van der Waals surface area contributed by atoms with Crippen LogP contribution in [-0.4, -0.2) is 54.1 Å². The van der Waals surface area contributed by atoms with Crippen molar-refractivity contribution in [2.24, 2.45) is 0 Å². The van der Waals surface area contributed by atoms with Gasteiger partial charge in [-0.1, -0.05) is 19.3 Å². The first-order valence-corrected chi connectivity index (χ1v) is 7.90. The Kier molecular flexibility index (Phi) is 4.92. The summed E-state index contributed by atoms with van der Waals surface area (Å²) in [5.74, 6) is 0.767. The molecule has 5 nitrogen and oxygen atoms in total. The van der Waals surface area contributed by atoms with Gasteiger partial charge >= 0.3 is 0 Å². The first-order chi connectivity index (χ1) is 9.92. The molecule has 1 saturated carbocycles. The number of hydrogen-bond acceptors (Lipinski definition) is 4. The van der Waals surface area contributed by atoms with Gasteiger partial charge in [-0.2, -0.15) is 0 Å². The van der Waals surface area contributed by atoms with E-state index in [1.54, 1.807) is 0 Å². The fraction of sp³-hybridized carbons (Fsp3) is 0.800. The highest BCUT2D eigenvalue weighted by molar-refractivity contribution is 5.06. The highest BCUT2D eigenvalue weighted by atomic mass is 16.5. The van der Waals surface area contributed by atoms with E-state index in [1.807, 2.05) is 6.07 Å². The normalized spacial score (nSPS) is 22.0. The van der Waals surface area contributed by atoms with E-state index in [1.165, 1.54) is 32.1 Å². The van der Waals surface area contributed by atoms with E-state index in [9.17, 15) is 0 Å². The lowest BCUT2D eigenvalue weighted by molar-refractivity contribution is 0.0319. The van der Waals surface area contributed by atoms with Gasteiger partial charge in [0.1, 0.15) is 6.61 Å². The van der Waals surface area contributed by atoms with Gasteiger partial charge in [0.05, 0.1) is 19.3 Å². The van der Waals surface area contributed by atoms with Crippen LogP contribution in [0, 0.1) is 0 Å². The highest BCUT2D eigenvalue weighted by Gasteiger charge is 2.16. The summed E-state index contributed by atoms with van der Waals surface area (Å²) in [7, 11) is 0. The Hall–Kier alpha value is -1.07. The van der Waals surface area contributed by atoms with Crippen LogP contribution in [-0.2, 0) is 4.74 Å². The van der Waals surface area contributed by atoms with E-state index in [0.29, 0.717) is 12.6 Å². The molecule has 1 saturated heterocycles. The molecule has 0 bridgehead atoms. The van der Waals surface area contributed by atoms with Crippen molar-refractivity contribution in [2.45, 2.75) is 38.1 Å². The fourth-order valence-electron chi connectivity index (χ4n) is 3.05. The molecule has 0 N–H and O–H groups in total. The molecule has 1 aromatic heterocycles. The van der Waals surface area contributed by atoms with Crippen LogP contribution in [0.15, 0.2) is 12.3 Å². The molecule has 20 heavy (non-hydrogen) atoms. The van der Waals surface area contributed by atoms with Crippen LogP contribution in [0.3, 0.4) is 0 Å². The minimum Gasteiger partial charge on any atom is -0.475 e. The van der Waals surface area contributed by atoms with Crippen molar-refractivity contribution in [1.82, 2.24) is 14.7 Å². The van der Waals surface area contributed by atoms with Gasteiger partial charge < -0.3 is 9.47 Å². The third-order valence-electron chi connectivity index (χ3n) is 4.29. The largest absolute Gasteiger partial charge is 0.475 e. The summed E-state index contributed by atoms with van der Waals surface area (Å²) >= 11 is 0. The summed E-state index contributed by atoms with van der Waals surface area (Å²) in [5.41, 5.74) is 0. The number of rotatable bonds is 5. The van der Waals surface area contributed by atoms with Crippen LogP contribution in [0.2, 0.25) is 0 Å². The molecule has 0 atom stereocenters. The molecule has 2 aliphatic rings. The van der Waals surface area contributed by atoms with Gasteiger partial charge in [0.15, 0.2) is 0 Å². The van der Waals surface area contributed by atoms with Crippen LogP contribution in [0.1, 0.15) is 38.1 Å². The summed E-state index contributed by atoms with van der Waals surface area (Å²) in [5, 5.41) is 4.57. The molecular weight excluding hydrogens is 254 g/mol. The van der Waals surface area contributed by atoms with E-state index in [0.717, 1.165) is 38.7 Å². The Morgan fingerprint density at radius 2 is 2.00 bits per heavy atom. The second-order valence-corrected chi connectivity index (χ2v) is 5.73. The van der Waals surface area contributed by atoms with Crippen molar-refractivity contribution in [3.05, 3.63) is 12.3 Å². The van der Waals surface area contributed by atoms with Gasteiger partial charge in [0.2, 0.25) is 5.88 Å². The topological polar surface area (TPSA) is 39.5 Å². The summed E-state index contributed by atoms with van der Waals surface area (Å²) in [6, 6.07) is 2.58. The number of ether oxygens (including phenoxy) is 2. The van der Waals surface area contributed by atoms with Crippen molar-refractivity contribution in [3.63, 3.8) is 0 Å². The minimum atomic E-state index is 0.584. The molecule has 1 aliphatic carbocycles. The SMILES string of the molecule is c1cn(C2CCCCC2)nc1OCCN1CCOCC1. The second-order valence-electron chi connectivity index (χ2n) is 5.73. The molecule has 3 rings (SSSR count). The van der Waals surface area contributed by atoms with Crippen LogP contribution in [0.5, 0.6) is 5.88 Å². The van der Waals surface area contributed by atoms with Crippen LogP contribution in [0.4, 0.5) is 0 Å². The maximum atomic E-state index is 5.77. The fourth-order valence-corrected chi connectivity index (χ4v) is 3.05. The van der Waals surface area contributed by atoms with Gasteiger partial charge in [-0.15, -0.1) is 5.10 Å². The predicted octanol–water partition coefficient (Wildman–Crippen LogP) is 2.10. The standard InChI is InChI=1S/C15H25N3O2/c1-2-4-14(5-3-1)18-7-6-15(16-18)20-13-10-17-8-11-19-12-9-17/h6-7,14H,1-5,8-13H2. The zero-order valence-corrected chi connectivity index (χ0v) is 12.2. The Labute approximate surface area is 120 Å². The van der Waals surface area contributed by atoms with Crippen molar-refractivity contribution < 1.29 is 9.47 Å². The van der Waals surface area contributed by atoms with Gasteiger partial charge in [0, 0.05) is 31.9 Å². The molecule has 0 aromatic carbocycles. The number of hydrogen-bond donors (Lipinski definition) is 0. The van der Waals surface area contributed by atoms with Gasteiger partial charge in [-0.05, 0) is 12.8 Å². The molecule has 2 fully saturated rings. The smallest absolute Gasteiger partial charge is 0.232 e. The third kappa shape index (κ3) is 3.73. The third-order valence-corrected chi connectivity index (χ3v) is 4.29. The molecular formula is C15H25N3O2. The molecule has 0 spiro atoms. The van der Waals surface area contributed by atoms with Gasteiger partial charge in [0.25, 0.3) is 0 Å². The predicted molar refractivity (Wildman–Crippen MR) is 77.1 cm³/mol. The summed E-state index contributed by atoms with van der Waals surface area (Å²) in [4.78, 5) is 2.38. The average Bonchev–Trinajstić information content (AvgIpc) is 2.98. The lowest BCUT2D eigenvalue weighted by Gasteiger charge is -2.26. The Morgan fingerprint density at radius 3 is 2.80 bits per heavy atom. The molecule has 5 heteroatoms. The minimum absolute atomic E-state index is 0.584. The monoisotopic (exact) mass is 279 g/mol. The second kappa shape index (κ2) is 7.09. The van der Waals surface area contributed by atoms with E-state index in [4.69, 9.17) is 9.47 Å². The first kappa shape index (κ1) is 13.9. The Bertz CT molecular complexity index is 396. The maximum absolute atomic E-state index is 5.77. The Balaban J connectivity index is 1.42. The number of morpholine rings is 1. The maximum Gasteiger partial charge on any atom is 0.232 e. The zero-order valence-electron chi connectivity index (χ0n) is 12.2. The van der Waals surface area contributed by atoms with Crippen LogP contribution >= 0.6 is 0 Å². The first-order valence-electron chi connectivity index (χ1n) is 7.90. The number of aromatic nitrogens is 2. The molecule has 112 valence electrons. The summed E-state index contributed by atoms with van der Waals surface area (Å²) in [6.07, 6.45) is 8.63. The molecule has 2 heterocycles. The summed E-state index contributed by atoms with van der Waals surface area (Å²) < 4.78 is 13.2.